The first-order chi connectivity index (χ1) is 12.9. The zero-order valence-corrected chi connectivity index (χ0v) is 18.1. The number of sulfonamides is 1. The fourth-order valence-electron chi connectivity index (χ4n) is 2.74. The molecule has 6 nitrogen and oxygen atoms in total. The Morgan fingerprint density at radius 2 is 1.81 bits per heavy atom. The van der Waals surface area contributed by atoms with Gasteiger partial charge >= 0.3 is 0 Å². The van der Waals surface area contributed by atoms with Gasteiger partial charge in [-0.1, -0.05) is 11.6 Å². The Bertz CT molecular complexity index is 929. The van der Waals surface area contributed by atoms with Gasteiger partial charge in [-0.25, -0.2) is 8.42 Å². The molecule has 1 N–H and O–H groups in total. The van der Waals surface area contributed by atoms with Crippen molar-refractivity contribution in [3.8, 4) is 5.75 Å². The molecular formula is C18H18ClIN2O4S. The lowest BCUT2D eigenvalue weighted by Gasteiger charge is -2.18. The lowest BCUT2D eigenvalue weighted by molar-refractivity contribution is -0.118. The zero-order valence-electron chi connectivity index (χ0n) is 14.3. The van der Waals surface area contributed by atoms with Crippen LogP contribution in [-0.2, 0) is 14.8 Å². The number of ether oxygens (including phenoxy) is 1. The Hall–Kier alpha value is -1.36. The van der Waals surface area contributed by atoms with Crippen molar-refractivity contribution >= 4 is 55.8 Å². The van der Waals surface area contributed by atoms with Gasteiger partial charge in [0, 0.05) is 27.4 Å². The van der Waals surface area contributed by atoms with Crippen LogP contribution in [0.4, 0.5) is 5.69 Å². The number of anilines is 1. The first-order valence-corrected chi connectivity index (χ1v) is 11.2. The monoisotopic (exact) mass is 520 g/mol. The van der Waals surface area contributed by atoms with E-state index >= 15 is 0 Å². The minimum atomic E-state index is -3.71. The first kappa shape index (κ1) is 20.4. The zero-order chi connectivity index (χ0) is 19.4. The van der Waals surface area contributed by atoms with Crippen molar-refractivity contribution in [3.05, 3.63) is 51.1 Å². The number of nitrogens with one attached hydrogen (secondary N) is 1. The van der Waals surface area contributed by atoms with Crippen LogP contribution in [-0.4, -0.2) is 38.3 Å². The molecule has 1 amide bonds. The van der Waals surface area contributed by atoms with Gasteiger partial charge < -0.3 is 10.1 Å². The van der Waals surface area contributed by atoms with E-state index in [4.69, 9.17) is 16.3 Å². The Morgan fingerprint density at radius 3 is 2.48 bits per heavy atom. The molecule has 0 unspecified atom stereocenters. The fourth-order valence-corrected chi connectivity index (χ4v) is 5.01. The van der Waals surface area contributed by atoms with E-state index in [1.54, 1.807) is 12.1 Å². The molecule has 1 aliphatic rings. The van der Waals surface area contributed by atoms with E-state index < -0.39 is 10.0 Å². The minimum Gasteiger partial charge on any atom is -0.482 e. The summed E-state index contributed by atoms with van der Waals surface area (Å²) in [5, 5.41) is 3.01. The van der Waals surface area contributed by atoms with Gasteiger partial charge in [0.2, 0.25) is 10.0 Å². The van der Waals surface area contributed by atoms with Crippen LogP contribution in [0.1, 0.15) is 12.8 Å². The lowest BCUT2D eigenvalue weighted by Crippen LogP contribution is -2.28. The van der Waals surface area contributed by atoms with Crippen LogP contribution in [0.2, 0.25) is 5.02 Å². The number of hydrogen-bond acceptors (Lipinski definition) is 4. The van der Waals surface area contributed by atoms with Crippen molar-refractivity contribution in [1.82, 2.24) is 4.31 Å². The highest BCUT2D eigenvalue weighted by atomic mass is 127. The van der Waals surface area contributed by atoms with Crippen LogP contribution in [0, 0.1) is 3.57 Å². The predicted octanol–water partition coefficient (Wildman–Crippen LogP) is 3.75. The molecule has 0 saturated carbocycles. The van der Waals surface area contributed by atoms with Gasteiger partial charge in [-0.15, -0.1) is 0 Å². The van der Waals surface area contributed by atoms with Gasteiger partial charge in [-0.3, -0.25) is 4.79 Å². The maximum atomic E-state index is 12.9. The number of nitrogens with zero attached hydrogens (tertiary/aromatic N) is 1. The Balaban J connectivity index is 1.73. The smallest absolute Gasteiger partial charge is 0.262 e. The second-order valence-corrected chi connectivity index (χ2v) is 9.63. The van der Waals surface area contributed by atoms with E-state index in [9.17, 15) is 13.2 Å². The molecule has 9 heteroatoms. The van der Waals surface area contributed by atoms with Gasteiger partial charge in [-0.2, -0.15) is 4.31 Å². The van der Waals surface area contributed by atoms with Crippen LogP contribution in [0.3, 0.4) is 0 Å². The molecule has 27 heavy (non-hydrogen) atoms. The summed E-state index contributed by atoms with van der Waals surface area (Å²) in [6.07, 6.45) is 1.66. The number of rotatable bonds is 6. The number of hydrogen-bond donors (Lipinski definition) is 1. The maximum absolute atomic E-state index is 12.9. The van der Waals surface area contributed by atoms with Crippen molar-refractivity contribution in [2.75, 3.05) is 25.0 Å². The third kappa shape index (κ3) is 5.13. The molecule has 0 aliphatic carbocycles. The number of amides is 1. The van der Waals surface area contributed by atoms with Crippen molar-refractivity contribution in [2.24, 2.45) is 0 Å². The molecular weight excluding hydrogens is 503 g/mol. The molecule has 3 rings (SSSR count). The first-order valence-electron chi connectivity index (χ1n) is 8.34. The van der Waals surface area contributed by atoms with Gasteiger partial charge in [0.05, 0.1) is 0 Å². The van der Waals surface area contributed by atoms with Gasteiger partial charge in [0.15, 0.2) is 6.61 Å². The lowest BCUT2D eigenvalue weighted by atomic mass is 10.3. The summed E-state index contributed by atoms with van der Waals surface area (Å²) in [4.78, 5) is 12.1. The second-order valence-electron chi connectivity index (χ2n) is 6.05. The SMILES string of the molecule is O=C(COc1ccc(Cl)cc1S(=O)(=O)N1CCCC1)Nc1ccc(I)cc1. The third-order valence-corrected chi connectivity index (χ3v) is 6.95. The highest BCUT2D eigenvalue weighted by molar-refractivity contribution is 14.1. The van der Waals surface area contributed by atoms with Crippen molar-refractivity contribution in [2.45, 2.75) is 17.7 Å². The molecule has 0 bridgehead atoms. The molecule has 0 spiro atoms. The molecule has 0 atom stereocenters. The predicted molar refractivity (Wildman–Crippen MR) is 113 cm³/mol. The van der Waals surface area contributed by atoms with Crippen LogP contribution in [0.25, 0.3) is 0 Å². The number of carbonyl (C=O) groups excluding carboxylic acids is 1. The quantitative estimate of drug-likeness (QED) is 0.589. The van der Waals surface area contributed by atoms with Crippen LogP contribution in [0.15, 0.2) is 47.4 Å². The Labute approximate surface area is 177 Å². The molecule has 1 saturated heterocycles. The van der Waals surface area contributed by atoms with Gasteiger partial charge in [0.25, 0.3) is 5.91 Å². The van der Waals surface area contributed by atoms with Crippen molar-refractivity contribution in [3.63, 3.8) is 0 Å². The summed E-state index contributed by atoms with van der Waals surface area (Å²) in [5.74, 6) is -0.264. The maximum Gasteiger partial charge on any atom is 0.262 e. The second kappa shape index (κ2) is 8.76. The van der Waals surface area contributed by atoms with Crippen molar-refractivity contribution in [1.29, 1.82) is 0 Å². The number of halogens is 2. The van der Waals surface area contributed by atoms with E-state index in [1.807, 2.05) is 12.1 Å². The molecule has 144 valence electrons. The van der Waals surface area contributed by atoms with Gasteiger partial charge in [-0.05, 0) is 77.9 Å². The molecule has 1 heterocycles. The fraction of sp³-hybridized carbons (Fsp3) is 0.278. The minimum absolute atomic E-state index is 0.0148. The number of benzene rings is 2. The molecule has 0 radical (unpaired) electrons. The normalized spacial score (nSPS) is 14.9. The molecule has 2 aromatic rings. The van der Waals surface area contributed by atoms with E-state index in [0.717, 1.165) is 16.4 Å². The molecule has 1 fully saturated rings. The standard InChI is InChI=1S/C18H18ClIN2O4S/c19-13-3-8-16(17(11-13)27(24,25)22-9-1-2-10-22)26-12-18(23)21-15-6-4-14(20)5-7-15/h3-8,11H,1-2,9-10,12H2,(H,21,23). The van der Waals surface area contributed by atoms with Gasteiger partial charge in [0.1, 0.15) is 10.6 Å². The Morgan fingerprint density at radius 1 is 1.15 bits per heavy atom. The van der Waals surface area contributed by atoms with Crippen molar-refractivity contribution < 1.29 is 17.9 Å². The summed E-state index contributed by atoms with van der Waals surface area (Å²) < 4.78 is 33.7. The average Bonchev–Trinajstić information content (AvgIpc) is 3.18. The number of carbonyl (C=O) groups is 1. The highest BCUT2D eigenvalue weighted by Gasteiger charge is 2.30. The summed E-state index contributed by atoms with van der Waals surface area (Å²) >= 11 is 8.17. The summed E-state index contributed by atoms with van der Waals surface area (Å²) in [5.41, 5.74) is 0.644. The summed E-state index contributed by atoms with van der Waals surface area (Å²) in [7, 11) is -3.71. The Kier molecular flexibility index (Phi) is 6.61. The summed E-state index contributed by atoms with van der Waals surface area (Å²) in [6.45, 7) is 0.638. The van der Waals surface area contributed by atoms with E-state index in [0.29, 0.717) is 23.8 Å². The van der Waals surface area contributed by atoms with Crippen LogP contribution < -0.4 is 10.1 Å². The van der Waals surface area contributed by atoms with E-state index in [2.05, 4.69) is 27.9 Å². The molecule has 1 aliphatic heterocycles. The molecule has 0 aromatic heterocycles. The van der Waals surface area contributed by atoms with Crippen LogP contribution in [0.5, 0.6) is 5.75 Å². The van der Waals surface area contributed by atoms with Crippen LogP contribution >= 0.6 is 34.2 Å². The largest absolute Gasteiger partial charge is 0.482 e. The topological polar surface area (TPSA) is 75.7 Å². The summed E-state index contributed by atoms with van der Waals surface area (Å²) in [6, 6.07) is 11.7. The average molecular weight is 521 g/mol. The molecule has 2 aromatic carbocycles. The third-order valence-electron chi connectivity index (χ3n) is 4.08. The van der Waals surface area contributed by atoms with E-state index in [1.165, 1.54) is 22.5 Å². The van der Waals surface area contributed by atoms with E-state index in [-0.39, 0.29) is 23.2 Å². The highest BCUT2D eigenvalue weighted by Crippen LogP contribution is 2.31.